The molecule has 0 unspecified atom stereocenters. The molecule has 2 aliphatic carbocycles. The molecule has 0 saturated heterocycles. The first-order valence-corrected chi connectivity index (χ1v) is 13.3. The Morgan fingerprint density at radius 2 is 0.690 bits per heavy atom. The van der Waals surface area contributed by atoms with Crippen LogP contribution in [0.4, 0.5) is 0 Å². The van der Waals surface area contributed by atoms with Gasteiger partial charge in [-0.15, -0.1) is 0 Å². The zero-order valence-corrected chi connectivity index (χ0v) is 22.2. The van der Waals surface area contributed by atoms with Gasteiger partial charge in [0.05, 0.1) is 0 Å². The largest absolute Gasteiger partial charge is 0.192 e. The topological polar surface area (TPSA) is 95.2 Å². The lowest BCUT2D eigenvalue weighted by Crippen LogP contribution is -1.91. The van der Waals surface area contributed by atoms with Crippen molar-refractivity contribution in [2.75, 3.05) is 0 Å². The third kappa shape index (κ3) is 3.58. The maximum absolute atomic E-state index is 9.98. The number of benzene rings is 5. The van der Waals surface area contributed by atoms with Crippen LogP contribution in [0.5, 0.6) is 0 Å². The van der Waals surface area contributed by atoms with Gasteiger partial charge >= 0.3 is 0 Å². The minimum Gasteiger partial charge on any atom is -0.192 e. The summed E-state index contributed by atoms with van der Waals surface area (Å²) in [5.41, 5.74) is 12.1. The fraction of sp³-hybridized carbons (Fsp3) is 0. The van der Waals surface area contributed by atoms with Gasteiger partial charge in [-0.25, -0.2) is 0 Å². The van der Waals surface area contributed by atoms with Crippen molar-refractivity contribution in [1.82, 2.24) is 0 Å². The van der Waals surface area contributed by atoms with Gasteiger partial charge in [-0.3, -0.25) is 0 Å². The lowest BCUT2D eigenvalue weighted by atomic mass is 9.93. The molecule has 5 aromatic rings. The molecule has 4 nitrogen and oxygen atoms in total. The Hall–Kier alpha value is -6.46. The summed E-state index contributed by atoms with van der Waals surface area (Å²) >= 11 is 0. The van der Waals surface area contributed by atoms with Crippen LogP contribution < -0.4 is 0 Å². The van der Waals surface area contributed by atoms with Gasteiger partial charge in [-0.05, 0) is 91.0 Å². The number of hydrogen-bond donors (Lipinski definition) is 0. The first-order valence-electron chi connectivity index (χ1n) is 13.3. The molecular formula is C38H18N4. The number of nitrogens with zero attached hydrogens (tertiary/aromatic N) is 4. The van der Waals surface area contributed by atoms with Gasteiger partial charge in [-0.1, -0.05) is 84.9 Å². The fourth-order valence-electron chi connectivity index (χ4n) is 6.15. The summed E-state index contributed by atoms with van der Waals surface area (Å²) in [4.78, 5) is 0. The molecule has 7 rings (SSSR count). The van der Waals surface area contributed by atoms with E-state index in [1.807, 2.05) is 109 Å². The standard InChI is InChI=1S/C38H18N4/c39-19-27(20-40)37-33-15-25(23-7-3-1-4-8-23)11-13-29(33)31-17-36-32(18-35(31)37)30-14-12-26(24-9-5-2-6-10-24)16-34(30)38(36)28(21-41)22-42/h1-18H. The summed E-state index contributed by atoms with van der Waals surface area (Å²) < 4.78 is 0. The number of allylic oxidation sites excluding steroid dienone is 2. The molecule has 190 valence electrons. The van der Waals surface area contributed by atoms with Crippen molar-refractivity contribution >= 4 is 11.1 Å². The van der Waals surface area contributed by atoms with Crippen molar-refractivity contribution in [3.05, 3.63) is 143 Å². The van der Waals surface area contributed by atoms with E-state index in [0.717, 1.165) is 66.8 Å². The van der Waals surface area contributed by atoms with E-state index in [9.17, 15) is 21.0 Å². The first-order chi connectivity index (χ1) is 20.7. The second-order valence-corrected chi connectivity index (χ2v) is 10.1. The van der Waals surface area contributed by atoms with Gasteiger partial charge in [-0.2, -0.15) is 21.0 Å². The van der Waals surface area contributed by atoms with Gasteiger partial charge in [0.25, 0.3) is 0 Å². The quantitative estimate of drug-likeness (QED) is 0.209. The molecule has 0 aliphatic heterocycles. The predicted molar refractivity (Wildman–Crippen MR) is 163 cm³/mol. The van der Waals surface area contributed by atoms with Gasteiger partial charge < -0.3 is 0 Å². The van der Waals surface area contributed by atoms with E-state index in [-0.39, 0.29) is 11.1 Å². The van der Waals surface area contributed by atoms with E-state index in [2.05, 4.69) is 24.3 Å². The summed E-state index contributed by atoms with van der Waals surface area (Å²) in [6.45, 7) is 0. The highest BCUT2D eigenvalue weighted by molar-refractivity contribution is 6.11. The van der Waals surface area contributed by atoms with Crippen LogP contribution in [-0.2, 0) is 0 Å². The molecular weight excluding hydrogens is 512 g/mol. The summed E-state index contributed by atoms with van der Waals surface area (Å²) in [5, 5.41) is 39.9. The highest BCUT2D eigenvalue weighted by atomic mass is 14.4. The second kappa shape index (κ2) is 9.62. The molecule has 5 aromatic carbocycles. The zero-order valence-electron chi connectivity index (χ0n) is 22.2. The Morgan fingerprint density at radius 3 is 1.05 bits per heavy atom. The Morgan fingerprint density at radius 1 is 0.333 bits per heavy atom. The smallest absolute Gasteiger partial charge is 0.138 e. The van der Waals surface area contributed by atoms with Crippen LogP contribution in [0.3, 0.4) is 0 Å². The third-order valence-electron chi connectivity index (χ3n) is 8.02. The van der Waals surface area contributed by atoms with Crippen LogP contribution in [0, 0.1) is 45.3 Å². The number of fused-ring (bicyclic) bond motifs is 6. The van der Waals surface area contributed by atoms with Crippen LogP contribution in [0.15, 0.2) is 120 Å². The number of nitriles is 4. The van der Waals surface area contributed by atoms with Crippen molar-refractivity contribution in [2.24, 2.45) is 0 Å². The molecule has 0 radical (unpaired) electrons. The minimum absolute atomic E-state index is 0.0447. The van der Waals surface area contributed by atoms with E-state index in [1.165, 1.54) is 0 Å². The molecule has 42 heavy (non-hydrogen) atoms. The predicted octanol–water partition coefficient (Wildman–Crippen LogP) is 8.68. The van der Waals surface area contributed by atoms with E-state index in [0.29, 0.717) is 11.1 Å². The molecule has 0 heterocycles. The molecule has 2 aliphatic rings. The second-order valence-electron chi connectivity index (χ2n) is 10.1. The normalized spacial score (nSPS) is 11.6. The van der Waals surface area contributed by atoms with Crippen molar-refractivity contribution in [3.8, 4) is 68.8 Å². The number of rotatable bonds is 2. The van der Waals surface area contributed by atoms with Crippen molar-refractivity contribution in [1.29, 1.82) is 21.0 Å². The van der Waals surface area contributed by atoms with E-state index >= 15 is 0 Å². The van der Waals surface area contributed by atoms with Crippen LogP contribution in [0.2, 0.25) is 0 Å². The minimum atomic E-state index is 0.0447. The molecule has 0 saturated carbocycles. The van der Waals surface area contributed by atoms with Crippen molar-refractivity contribution < 1.29 is 0 Å². The molecule has 0 amide bonds. The van der Waals surface area contributed by atoms with E-state index < -0.39 is 0 Å². The summed E-state index contributed by atoms with van der Waals surface area (Å²) in [6, 6.07) is 44.6. The zero-order chi connectivity index (χ0) is 28.8. The molecule has 0 atom stereocenters. The van der Waals surface area contributed by atoms with Gasteiger partial charge in [0.2, 0.25) is 0 Å². The molecule has 4 heteroatoms. The lowest BCUT2D eigenvalue weighted by Gasteiger charge is -2.08. The lowest BCUT2D eigenvalue weighted by molar-refractivity contribution is 1.45. The summed E-state index contributed by atoms with van der Waals surface area (Å²) in [5.74, 6) is 0. The summed E-state index contributed by atoms with van der Waals surface area (Å²) in [6.07, 6.45) is 0. The Labute approximate surface area is 243 Å². The molecule has 0 fully saturated rings. The highest BCUT2D eigenvalue weighted by Crippen LogP contribution is 2.54. The highest BCUT2D eigenvalue weighted by Gasteiger charge is 2.33. The monoisotopic (exact) mass is 530 g/mol. The maximum Gasteiger partial charge on any atom is 0.138 e. The number of hydrogen-bond acceptors (Lipinski definition) is 4. The average Bonchev–Trinajstić information content (AvgIpc) is 3.53. The Bertz CT molecular complexity index is 2020. The third-order valence-corrected chi connectivity index (χ3v) is 8.02. The van der Waals surface area contributed by atoms with Crippen molar-refractivity contribution in [3.63, 3.8) is 0 Å². The van der Waals surface area contributed by atoms with E-state index in [1.54, 1.807) is 0 Å². The first kappa shape index (κ1) is 24.6. The van der Waals surface area contributed by atoms with Crippen LogP contribution in [0.25, 0.3) is 55.7 Å². The van der Waals surface area contributed by atoms with Crippen LogP contribution >= 0.6 is 0 Å². The summed E-state index contributed by atoms with van der Waals surface area (Å²) in [7, 11) is 0. The molecule has 0 N–H and O–H groups in total. The SMILES string of the molecule is N#CC(C#N)=C1c2cc(-c3ccccc3)ccc2-c2cc3c(cc21)-c1ccc(-c2ccccc2)cc1C3=C(C#N)C#N. The maximum atomic E-state index is 9.98. The van der Waals surface area contributed by atoms with E-state index in [4.69, 9.17) is 0 Å². The van der Waals surface area contributed by atoms with Gasteiger partial charge in [0.1, 0.15) is 35.4 Å². The molecule has 0 spiro atoms. The Balaban J connectivity index is 1.51. The van der Waals surface area contributed by atoms with Crippen LogP contribution in [-0.4, -0.2) is 0 Å². The fourth-order valence-corrected chi connectivity index (χ4v) is 6.15. The Kier molecular flexibility index (Phi) is 5.63. The average molecular weight is 531 g/mol. The van der Waals surface area contributed by atoms with Gasteiger partial charge in [0.15, 0.2) is 0 Å². The molecule has 0 aromatic heterocycles. The molecule has 0 bridgehead atoms. The van der Waals surface area contributed by atoms with Gasteiger partial charge in [0, 0.05) is 11.1 Å². The van der Waals surface area contributed by atoms with Crippen LogP contribution in [0.1, 0.15) is 22.3 Å². The van der Waals surface area contributed by atoms with Crippen molar-refractivity contribution in [2.45, 2.75) is 0 Å².